The Morgan fingerprint density at radius 2 is 2.06 bits per heavy atom. The van der Waals surface area contributed by atoms with Crippen molar-refractivity contribution in [1.82, 2.24) is 19.9 Å². The zero-order chi connectivity index (χ0) is 23.6. The number of hydrogen-bond acceptors (Lipinski definition) is 5. The molecule has 0 fully saturated rings. The first-order valence-electron chi connectivity index (χ1n) is 10.9. The monoisotopic (exact) mass is 507 g/mol. The maximum Gasteiger partial charge on any atom is 0.410 e. The van der Waals surface area contributed by atoms with E-state index in [2.05, 4.69) is 50.5 Å². The third-order valence-corrected chi connectivity index (χ3v) is 5.94. The molecule has 1 aliphatic rings. The lowest BCUT2D eigenvalue weighted by Crippen LogP contribution is -2.40. The highest BCUT2D eigenvalue weighted by atomic mass is 79.9. The van der Waals surface area contributed by atoms with Crippen molar-refractivity contribution in [3.8, 4) is 11.8 Å². The molecule has 4 rings (SSSR count). The van der Waals surface area contributed by atoms with Crippen LogP contribution in [0, 0.1) is 11.3 Å². The number of rotatable bonds is 4. The van der Waals surface area contributed by atoms with Crippen LogP contribution in [-0.2, 0) is 30.5 Å². The van der Waals surface area contributed by atoms with E-state index in [1.54, 1.807) is 21.7 Å². The van der Waals surface area contributed by atoms with Gasteiger partial charge in [0, 0.05) is 17.6 Å². The lowest BCUT2D eigenvalue weighted by Gasteiger charge is -2.32. The maximum atomic E-state index is 12.5. The van der Waals surface area contributed by atoms with Crippen molar-refractivity contribution >= 4 is 22.0 Å². The molecular formula is C25H26BrN5O2. The number of benzene rings is 2. The minimum absolute atomic E-state index is 0.262. The lowest BCUT2D eigenvalue weighted by atomic mass is 9.92. The molecule has 1 aromatic heterocycles. The molecule has 0 saturated carbocycles. The number of carbonyl (C=O) groups is 1. The van der Waals surface area contributed by atoms with E-state index >= 15 is 0 Å². The van der Waals surface area contributed by atoms with Crippen LogP contribution in [0.2, 0.25) is 0 Å². The largest absolute Gasteiger partial charge is 0.444 e. The first-order chi connectivity index (χ1) is 15.7. The minimum atomic E-state index is -0.497. The van der Waals surface area contributed by atoms with Gasteiger partial charge in [-0.15, -0.1) is 5.10 Å². The van der Waals surface area contributed by atoms with Crippen LogP contribution < -0.4 is 0 Å². The Hall–Kier alpha value is -3.18. The molecule has 0 saturated heterocycles. The van der Waals surface area contributed by atoms with Crippen LogP contribution in [0.25, 0.3) is 5.69 Å². The fourth-order valence-electron chi connectivity index (χ4n) is 3.98. The Morgan fingerprint density at radius 1 is 1.24 bits per heavy atom. The summed E-state index contributed by atoms with van der Waals surface area (Å²) in [5.41, 5.74) is 5.51. The third kappa shape index (κ3) is 5.60. The highest BCUT2D eigenvalue weighted by Crippen LogP contribution is 2.25. The Labute approximate surface area is 202 Å². The van der Waals surface area contributed by atoms with Crippen molar-refractivity contribution in [2.45, 2.75) is 52.2 Å². The highest BCUT2D eigenvalue weighted by Gasteiger charge is 2.26. The Morgan fingerprint density at radius 3 is 2.82 bits per heavy atom. The number of nitrogens with zero attached hydrogens (tertiary/aromatic N) is 5. The molecule has 33 heavy (non-hydrogen) atoms. The number of aryl methyl sites for hydroxylation is 2. The van der Waals surface area contributed by atoms with Gasteiger partial charge in [-0.2, -0.15) is 5.26 Å². The van der Waals surface area contributed by atoms with Gasteiger partial charge in [0.15, 0.2) is 0 Å². The Bertz CT molecular complexity index is 1220. The summed E-state index contributed by atoms with van der Waals surface area (Å²) in [6.45, 7) is 6.87. The topological polar surface area (TPSA) is 84.0 Å². The van der Waals surface area contributed by atoms with Crippen LogP contribution in [0.15, 0.2) is 47.1 Å². The molecule has 0 bridgehead atoms. The number of hydrogen-bond donors (Lipinski definition) is 0. The van der Waals surface area contributed by atoms with Crippen LogP contribution in [0.3, 0.4) is 0 Å². The van der Waals surface area contributed by atoms with Crippen LogP contribution >= 0.6 is 15.9 Å². The van der Waals surface area contributed by atoms with Gasteiger partial charge in [0.1, 0.15) is 5.60 Å². The number of nitriles is 1. The first kappa shape index (κ1) is 23.0. The molecule has 3 aromatic rings. The van der Waals surface area contributed by atoms with Crippen molar-refractivity contribution in [2.75, 3.05) is 6.54 Å². The zero-order valence-corrected chi connectivity index (χ0v) is 20.6. The van der Waals surface area contributed by atoms with Gasteiger partial charge in [-0.25, -0.2) is 9.48 Å². The standard InChI is InChI=1S/C25H26BrN5O2/c1-25(2,3)33-24(32)30-10-9-23-18(5-4-6-19(23)15-30)7-8-21-16-31(29-28-21)22-12-17(14-27)11-20(26)13-22/h4-6,11-13,16H,7-10,15H2,1-3H3. The van der Waals surface area contributed by atoms with Crippen LogP contribution in [-0.4, -0.2) is 38.1 Å². The second-order valence-corrected chi connectivity index (χ2v) is 10.1. The SMILES string of the molecule is CC(C)(C)OC(=O)N1CCc2c(CCc3cn(-c4cc(Br)cc(C#N)c4)nn3)cccc2C1. The predicted molar refractivity (Wildman–Crippen MR) is 128 cm³/mol. The Balaban J connectivity index is 1.44. The summed E-state index contributed by atoms with van der Waals surface area (Å²) in [4.78, 5) is 14.2. The second kappa shape index (κ2) is 9.36. The van der Waals surface area contributed by atoms with Crippen molar-refractivity contribution in [2.24, 2.45) is 0 Å². The summed E-state index contributed by atoms with van der Waals surface area (Å²) < 4.78 is 8.06. The van der Waals surface area contributed by atoms with E-state index in [4.69, 9.17) is 4.74 Å². The molecule has 7 nitrogen and oxygen atoms in total. The van der Waals surface area contributed by atoms with Crippen LogP contribution in [0.1, 0.15) is 48.7 Å². The molecule has 2 aromatic carbocycles. The maximum absolute atomic E-state index is 12.5. The first-order valence-corrected chi connectivity index (χ1v) is 11.7. The van der Waals surface area contributed by atoms with E-state index in [1.807, 2.05) is 33.0 Å². The molecule has 0 spiro atoms. The van der Waals surface area contributed by atoms with Gasteiger partial charge >= 0.3 is 6.09 Å². The molecule has 170 valence electrons. The molecule has 1 amide bonds. The van der Waals surface area contributed by atoms with E-state index in [0.717, 1.165) is 35.1 Å². The smallest absolute Gasteiger partial charge is 0.410 e. The number of amides is 1. The molecule has 0 unspecified atom stereocenters. The summed E-state index contributed by atoms with van der Waals surface area (Å²) in [7, 11) is 0. The molecule has 0 aliphatic carbocycles. The number of aromatic nitrogens is 3. The van der Waals surface area contributed by atoms with Crippen molar-refractivity contribution in [3.63, 3.8) is 0 Å². The molecule has 0 N–H and O–H groups in total. The summed E-state index contributed by atoms with van der Waals surface area (Å²) in [5.74, 6) is 0. The Kier molecular flexibility index (Phi) is 6.52. The number of carbonyl (C=O) groups excluding carboxylic acids is 1. The van der Waals surface area contributed by atoms with Gasteiger partial charge in [-0.1, -0.05) is 39.3 Å². The van der Waals surface area contributed by atoms with Gasteiger partial charge in [0.25, 0.3) is 0 Å². The van der Waals surface area contributed by atoms with Gasteiger partial charge < -0.3 is 9.64 Å². The van der Waals surface area contributed by atoms with Gasteiger partial charge in [-0.05, 0) is 74.9 Å². The van der Waals surface area contributed by atoms with Crippen molar-refractivity contribution < 1.29 is 9.53 Å². The highest BCUT2D eigenvalue weighted by molar-refractivity contribution is 9.10. The molecule has 8 heteroatoms. The van der Waals surface area contributed by atoms with Crippen LogP contribution in [0.4, 0.5) is 4.79 Å². The molecule has 2 heterocycles. The van der Waals surface area contributed by atoms with Gasteiger partial charge in [-0.3, -0.25) is 0 Å². The zero-order valence-electron chi connectivity index (χ0n) is 19.0. The summed E-state index contributed by atoms with van der Waals surface area (Å²) >= 11 is 3.44. The summed E-state index contributed by atoms with van der Waals surface area (Å²) in [5, 5.41) is 17.8. The molecule has 0 radical (unpaired) electrons. The quantitative estimate of drug-likeness (QED) is 0.497. The van der Waals surface area contributed by atoms with Crippen molar-refractivity contribution in [1.29, 1.82) is 5.26 Å². The van der Waals surface area contributed by atoms with E-state index in [-0.39, 0.29) is 6.09 Å². The second-order valence-electron chi connectivity index (χ2n) is 9.17. The fourth-order valence-corrected chi connectivity index (χ4v) is 4.46. The van der Waals surface area contributed by atoms with E-state index in [0.29, 0.717) is 18.7 Å². The van der Waals surface area contributed by atoms with Crippen molar-refractivity contribution in [3.05, 3.63) is 75.0 Å². The predicted octanol–water partition coefficient (Wildman–Crippen LogP) is 4.98. The molecule has 1 aliphatic heterocycles. The normalized spacial score (nSPS) is 13.4. The van der Waals surface area contributed by atoms with E-state index < -0.39 is 5.60 Å². The fraction of sp³-hybridized carbons (Fsp3) is 0.360. The molecular weight excluding hydrogens is 482 g/mol. The summed E-state index contributed by atoms with van der Waals surface area (Å²) in [6, 6.07) is 13.9. The van der Waals surface area contributed by atoms with Gasteiger partial charge in [0.05, 0.1) is 29.2 Å². The summed E-state index contributed by atoms with van der Waals surface area (Å²) in [6.07, 6.45) is 4.05. The number of ether oxygens (including phenoxy) is 1. The average Bonchev–Trinajstić information content (AvgIpc) is 3.24. The van der Waals surface area contributed by atoms with Crippen LogP contribution in [0.5, 0.6) is 0 Å². The average molecular weight is 508 g/mol. The third-order valence-electron chi connectivity index (χ3n) is 5.48. The number of fused-ring (bicyclic) bond motifs is 1. The van der Waals surface area contributed by atoms with E-state index in [1.165, 1.54) is 16.7 Å². The number of halogens is 1. The lowest BCUT2D eigenvalue weighted by molar-refractivity contribution is 0.0223. The molecule has 0 atom stereocenters. The van der Waals surface area contributed by atoms with Gasteiger partial charge in [0.2, 0.25) is 0 Å². The van der Waals surface area contributed by atoms with E-state index in [9.17, 15) is 10.1 Å². The minimum Gasteiger partial charge on any atom is -0.444 e.